The Hall–Kier alpha value is -1.40. The molecule has 0 fully saturated rings. The number of nitrogens with zero attached hydrogens (tertiary/aromatic N) is 2. The number of rotatable bonds is 6. The van der Waals surface area contributed by atoms with Gasteiger partial charge in [0.15, 0.2) is 11.5 Å². The largest absolute Gasteiger partial charge is 0.388 e. The van der Waals surface area contributed by atoms with E-state index in [-0.39, 0.29) is 30.0 Å². The van der Waals surface area contributed by atoms with Crippen LogP contribution in [0.5, 0.6) is 0 Å². The van der Waals surface area contributed by atoms with Crippen LogP contribution in [0.3, 0.4) is 0 Å². The minimum Gasteiger partial charge on any atom is -0.388 e. The number of carbonyl (C=O) groups is 1. The second kappa shape index (κ2) is 6.51. The lowest BCUT2D eigenvalue weighted by atomic mass is 10.0. The van der Waals surface area contributed by atoms with Crippen molar-refractivity contribution in [2.75, 3.05) is 20.6 Å². The minimum absolute atomic E-state index is 0.195. The van der Waals surface area contributed by atoms with Crippen molar-refractivity contribution in [2.24, 2.45) is 5.92 Å². The average Bonchev–Trinajstić information content (AvgIpc) is 2.76. The van der Waals surface area contributed by atoms with Gasteiger partial charge >= 0.3 is 0 Å². The van der Waals surface area contributed by atoms with Gasteiger partial charge in [-0.3, -0.25) is 4.79 Å². The first kappa shape index (κ1) is 14.7. The van der Waals surface area contributed by atoms with Crippen LogP contribution in [0.1, 0.15) is 30.1 Å². The Balaban J connectivity index is 2.54. The van der Waals surface area contributed by atoms with Crippen molar-refractivity contribution in [3.05, 3.63) is 17.5 Å². The molecule has 1 rings (SSSR count). The Morgan fingerprint density at radius 2 is 2.22 bits per heavy atom. The first-order valence-electron chi connectivity index (χ1n) is 5.96. The Morgan fingerprint density at radius 3 is 2.67 bits per heavy atom. The van der Waals surface area contributed by atoms with E-state index in [1.807, 2.05) is 14.1 Å². The number of likely N-dealkylation sites (N-methyl/N-ethyl adjacent to an activating group) is 1. The molecule has 1 heterocycles. The quantitative estimate of drug-likeness (QED) is 0.773. The van der Waals surface area contributed by atoms with Crippen LogP contribution < -0.4 is 5.32 Å². The lowest BCUT2D eigenvalue weighted by Gasteiger charge is -2.27. The van der Waals surface area contributed by atoms with Crippen LogP contribution in [0.25, 0.3) is 0 Å². The Morgan fingerprint density at radius 1 is 1.56 bits per heavy atom. The van der Waals surface area contributed by atoms with E-state index >= 15 is 0 Å². The Labute approximate surface area is 107 Å². The van der Waals surface area contributed by atoms with Gasteiger partial charge in [0.25, 0.3) is 5.91 Å². The van der Waals surface area contributed by atoms with E-state index in [0.29, 0.717) is 12.5 Å². The SMILES string of the molecule is CC(C)C(CNC(=O)c1cc(CO)on1)N(C)C. The summed E-state index contributed by atoms with van der Waals surface area (Å²) < 4.78 is 4.77. The van der Waals surface area contributed by atoms with Gasteiger partial charge in [-0.1, -0.05) is 19.0 Å². The molecule has 6 heteroatoms. The summed E-state index contributed by atoms with van der Waals surface area (Å²) in [5.74, 6) is 0.435. The summed E-state index contributed by atoms with van der Waals surface area (Å²) in [6, 6.07) is 1.70. The Kier molecular flexibility index (Phi) is 5.30. The number of carbonyl (C=O) groups excluding carboxylic acids is 1. The van der Waals surface area contributed by atoms with Crippen molar-refractivity contribution in [2.45, 2.75) is 26.5 Å². The predicted octanol–water partition coefficient (Wildman–Crippen LogP) is 0.483. The molecule has 2 N–H and O–H groups in total. The third-order valence-electron chi connectivity index (χ3n) is 2.85. The summed E-state index contributed by atoms with van der Waals surface area (Å²) in [5.41, 5.74) is 0.195. The molecule has 0 bridgehead atoms. The maximum Gasteiger partial charge on any atom is 0.273 e. The summed E-state index contributed by atoms with van der Waals surface area (Å²) in [5, 5.41) is 15.2. The van der Waals surface area contributed by atoms with Gasteiger partial charge in [-0.15, -0.1) is 0 Å². The van der Waals surface area contributed by atoms with Crippen molar-refractivity contribution in [3.63, 3.8) is 0 Å². The van der Waals surface area contributed by atoms with E-state index in [1.54, 1.807) is 0 Å². The molecule has 0 aliphatic carbocycles. The zero-order valence-electron chi connectivity index (χ0n) is 11.3. The minimum atomic E-state index is -0.286. The highest BCUT2D eigenvalue weighted by Crippen LogP contribution is 2.07. The summed E-state index contributed by atoms with van der Waals surface area (Å²) >= 11 is 0. The lowest BCUT2D eigenvalue weighted by Crippen LogP contribution is -2.43. The van der Waals surface area contributed by atoms with Crippen LogP contribution in [0.2, 0.25) is 0 Å². The van der Waals surface area contributed by atoms with Crippen LogP contribution in [-0.2, 0) is 6.61 Å². The van der Waals surface area contributed by atoms with Crippen LogP contribution in [0.4, 0.5) is 0 Å². The van der Waals surface area contributed by atoms with Crippen LogP contribution in [-0.4, -0.2) is 47.8 Å². The number of aliphatic hydroxyl groups excluding tert-OH is 1. The van der Waals surface area contributed by atoms with Gasteiger partial charge in [0.05, 0.1) is 0 Å². The number of amides is 1. The molecule has 1 aromatic rings. The predicted molar refractivity (Wildman–Crippen MR) is 67.1 cm³/mol. The molecule has 102 valence electrons. The molecule has 1 aromatic heterocycles. The van der Waals surface area contributed by atoms with Gasteiger partial charge in [-0.2, -0.15) is 0 Å². The topological polar surface area (TPSA) is 78.6 Å². The molecule has 0 aliphatic rings. The van der Waals surface area contributed by atoms with Gasteiger partial charge in [-0.25, -0.2) is 0 Å². The maximum absolute atomic E-state index is 11.8. The summed E-state index contributed by atoms with van der Waals surface area (Å²) in [6.07, 6.45) is 0. The summed E-state index contributed by atoms with van der Waals surface area (Å²) in [4.78, 5) is 13.9. The molecule has 0 aromatic carbocycles. The van der Waals surface area contributed by atoms with Crippen LogP contribution in [0.15, 0.2) is 10.6 Å². The first-order chi connectivity index (χ1) is 8.45. The normalized spacial score (nSPS) is 13.1. The number of hydrogen-bond donors (Lipinski definition) is 2. The maximum atomic E-state index is 11.8. The number of aliphatic hydroxyl groups is 1. The number of aromatic nitrogens is 1. The molecular weight excluding hydrogens is 234 g/mol. The lowest BCUT2D eigenvalue weighted by molar-refractivity contribution is 0.0925. The number of nitrogens with one attached hydrogen (secondary N) is 1. The fraction of sp³-hybridized carbons (Fsp3) is 0.667. The summed E-state index contributed by atoms with van der Waals surface area (Å²) in [7, 11) is 3.97. The molecular formula is C12H21N3O3. The highest BCUT2D eigenvalue weighted by molar-refractivity contribution is 5.92. The van der Waals surface area contributed by atoms with E-state index in [4.69, 9.17) is 9.63 Å². The molecule has 1 atom stereocenters. The van der Waals surface area contributed by atoms with Crippen molar-refractivity contribution < 1.29 is 14.4 Å². The standard InChI is InChI=1S/C12H21N3O3/c1-8(2)11(15(3)4)6-13-12(17)10-5-9(7-16)18-14-10/h5,8,11,16H,6-7H2,1-4H3,(H,13,17). The van der Waals surface area contributed by atoms with Gasteiger partial charge in [0, 0.05) is 18.7 Å². The van der Waals surface area contributed by atoms with Crippen molar-refractivity contribution in [1.82, 2.24) is 15.4 Å². The van der Waals surface area contributed by atoms with Crippen LogP contribution >= 0.6 is 0 Å². The fourth-order valence-electron chi connectivity index (χ4n) is 1.80. The van der Waals surface area contributed by atoms with Crippen LogP contribution in [0, 0.1) is 5.92 Å². The zero-order chi connectivity index (χ0) is 13.7. The van der Waals surface area contributed by atoms with Gasteiger partial charge in [0.1, 0.15) is 6.61 Å². The smallest absolute Gasteiger partial charge is 0.273 e. The van der Waals surface area contributed by atoms with E-state index < -0.39 is 0 Å². The van der Waals surface area contributed by atoms with E-state index in [2.05, 4.69) is 29.2 Å². The molecule has 0 saturated heterocycles. The second-order valence-corrected chi connectivity index (χ2v) is 4.82. The van der Waals surface area contributed by atoms with Gasteiger partial charge < -0.3 is 19.8 Å². The van der Waals surface area contributed by atoms with Gasteiger partial charge in [0.2, 0.25) is 0 Å². The van der Waals surface area contributed by atoms with E-state index in [9.17, 15) is 4.79 Å². The zero-order valence-corrected chi connectivity index (χ0v) is 11.3. The monoisotopic (exact) mass is 255 g/mol. The van der Waals surface area contributed by atoms with Crippen molar-refractivity contribution in [1.29, 1.82) is 0 Å². The highest BCUT2D eigenvalue weighted by atomic mass is 16.5. The van der Waals surface area contributed by atoms with Gasteiger partial charge in [-0.05, 0) is 20.0 Å². The van der Waals surface area contributed by atoms with Crippen molar-refractivity contribution in [3.8, 4) is 0 Å². The molecule has 0 saturated carbocycles. The number of hydrogen-bond acceptors (Lipinski definition) is 5. The fourth-order valence-corrected chi connectivity index (χ4v) is 1.80. The average molecular weight is 255 g/mol. The molecule has 1 amide bonds. The molecule has 0 spiro atoms. The highest BCUT2D eigenvalue weighted by Gasteiger charge is 2.18. The molecule has 6 nitrogen and oxygen atoms in total. The van der Waals surface area contributed by atoms with E-state index in [1.165, 1.54) is 6.07 Å². The Bertz CT molecular complexity index is 380. The second-order valence-electron chi connectivity index (χ2n) is 4.82. The van der Waals surface area contributed by atoms with E-state index in [0.717, 1.165) is 0 Å². The molecule has 0 radical (unpaired) electrons. The molecule has 18 heavy (non-hydrogen) atoms. The molecule has 0 aliphatic heterocycles. The first-order valence-corrected chi connectivity index (χ1v) is 5.96. The summed E-state index contributed by atoms with van der Waals surface area (Å²) in [6.45, 7) is 4.50. The van der Waals surface area contributed by atoms with Crippen molar-refractivity contribution >= 4 is 5.91 Å². The third-order valence-corrected chi connectivity index (χ3v) is 2.85. The molecule has 1 unspecified atom stereocenters. The third kappa shape index (κ3) is 3.82.